The number of halogens is 1. The first kappa shape index (κ1) is 41.9. The van der Waals surface area contributed by atoms with Gasteiger partial charge >= 0.3 is 6.09 Å². The number of aliphatic hydroxyl groups is 2. The fourth-order valence-corrected chi connectivity index (χ4v) is 9.04. The average molecular weight is 785 g/mol. The van der Waals surface area contributed by atoms with Crippen molar-refractivity contribution in [1.82, 2.24) is 4.90 Å². The van der Waals surface area contributed by atoms with Crippen LogP contribution in [-0.2, 0) is 27.5 Å². The van der Waals surface area contributed by atoms with E-state index in [1.807, 2.05) is 55.5 Å². The molecule has 0 radical (unpaired) electrons. The third kappa shape index (κ3) is 9.37. The maximum Gasteiger partial charge on any atom is 0.410 e. The van der Waals surface area contributed by atoms with Crippen LogP contribution < -0.4 is 9.47 Å². The summed E-state index contributed by atoms with van der Waals surface area (Å²) in [6.07, 6.45) is 9.00. The summed E-state index contributed by atoms with van der Waals surface area (Å²) in [4.78, 5) is 21.6. The number of oxime groups is 1. The minimum Gasteiger partial charge on any atom is -0.489 e. The second kappa shape index (κ2) is 20.1. The first-order chi connectivity index (χ1) is 27.9. The van der Waals surface area contributed by atoms with Crippen LogP contribution in [0.2, 0.25) is 0 Å². The van der Waals surface area contributed by atoms with Crippen molar-refractivity contribution in [3.63, 3.8) is 0 Å². The molecule has 3 aromatic rings. The number of unbranched alkanes of at least 4 members (excludes halogenated alkanes) is 2. The number of hydrogen-bond donors (Lipinski definition) is 2. The van der Waals surface area contributed by atoms with Crippen molar-refractivity contribution >= 4 is 11.8 Å². The molecule has 57 heavy (non-hydrogen) atoms. The molecule has 0 saturated heterocycles. The van der Waals surface area contributed by atoms with Gasteiger partial charge in [0.05, 0.1) is 18.2 Å². The lowest BCUT2D eigenvalue weighted by Crippen LogP contribution is -2.70. The zero-order valence-electron chi connectivity index (χ0n) is 33.2. The molecule has 6 unspecified atom stereocenters. The number of fused-ring (bicyclic) bond motifs is 2. The van der Waals surface area contributed by atoms with Crippen molar-refractivity contribution in [3.8, 4) is 11.5 Å². The highest BCUT2D eigenvalue weighted by Crippen LogP contribution is 2.62. The standard InChI is InChI=1S/C46H57FN2O8/c1-4-23-49(45(52)55-30-32-15-7-6-8-16-32)42-29-40(48-53-3)37-27-33(17-11-13-24-50)36(19-12-14-25-51)43-38-28-35(54-31-34-18-9-10-20-39(34)47)21-22-41(38)57-46(42,44(37)43)56-26-5-2/h5-10,15-16,18,20-22,27-28,33,36,42-44,50-51H,2,4,11-14,17,19,23-26,29-31H2,1,3H3. The maximum atomic E-state index is 14.7. The van der Waals surface area contributed by atoms with Crippen molar-refractivity contribution in [2.24, 2.45) is 22.9 Å². The van der Waals surface area contributed by atoms with Crippen LogP contribution in [0.1, 0.15) is 80.9 Å². The van der Waals surface area contributed by atoms with Crippen molar-refractivity contribution < 1.29 is 43.2 Å². The Kier molecular flexibility index (Phi) is 14.8. The lowest BCUT2D eigenvalue weighted by Gasteiger charge is -2.59. The number of carbonyl (C=O) groups is 1. The summed E-state index contributed by atoms with van der Waals surface area (Å²) in [5, 5.41) is 24.3. The molecule has 1 amide bonds. The molecule has 0 bridgehead atoms. The van der Waals surface area contributed by atoms with Crippen LogP contribution in [0, 0.1) is 23.6 Å². The van der Waals surface area contributed by atoms with Crippen molar-refractivity contribution in [1.29, 1.82) is 0 Å². The predicted molar refractivity (Wildman–Crippen MR) is 216 cm³/mol. The van der Waals surface area contributed by atoms with Gasteiger partial charge in [-0.15, -0.1) is 6.58 Å². The number of ether oxygens (including phenoxy) is 4. The average Bonchev–Trinajstić information content (AvgIpc) is 3.23. The Morgan fingerprint density at radius 2 is 1.77 bits per heavy atom. The summed E-state index contributed by atoms with van der Waals surface area (Å²) >= 11 is 0. The lowest BCUT2D eigenvalue weighted by atomic mass is 9.55. The zero-order valence-corrected chi connectivity index (χ0v) is 33.2. The predicted octanol–water partition coefficient (Wildman–Crippen LogP) is 8.72. The molecule has 2 aliphatic carbocycles. The summed E-state index contributed by atoms with van der Waals surface area (Å²) in [6.45, 7) is 6.87. The molecule has 2 N–H and O–H groups in total. The Morgan fingerprint density at radius 3 is 2.49 bits per heavy atom. The van der Waals surface area contributed by atoms with Crippen LogP contribution in [0.15, 0.2) is 102 Å². The molecule has 1 aliphatic heterocycles. The van der Waals surface area contributed by atoms with Crippen LogP contribution in [0.5, 0.6) is 11.5 Å². The molecular formula is C46H57FN2O8. The topological polar surface area (TPSA) is 119 Å². The largest absolute Gasteiger partial charge is 0.489 e. The first-order valence-electron chi connectivity index (χ1n) is 20.3. The zero-order chi connectivity index (χ0) is 40.2. The lowest BCUT2D eigenvalue weighted by molar-refractivity contribution is -0.255. The van der Waals surface area contributed by atoms with Crippen LogP contribution in [0.25, 0.3) is 0 Å². The minimum absolute atomic E-state index is 0.0471. The molecule has 6 rings (SSSR count). The van der Waals surface area contributed by atoms with Crippen molar-refractivity contribution in [2.45, 2.75) is 89.3 Å². The molecule has 3 aromatic carbocycles. The van der Waals surface area contributed by atoms with Gasteiger partial charge in [0.15, 0.2) is 0 Å². The summed E-state index contributed by atoms with van der Waals surface area (Å²) in [5.74, 6) is -1.12. The van der Waals surface area contributed by atoms with Crippen molar-refractivity contribution in [2.75, 3.05) is 33.5 Å². The summed E-state index contributed by atoms with van der Waals surface area (Å²) < 4.78 is 41.2. The molecule has 306 valence electrons. The summed E-state index contributed by atoms with van der Waals surface area (Å²) in [7, 11) is 1.53. The van der Waals surface area contributed by atoms with E-state index in [1.54, 1.807) is 29.2 Å². The Bertz CT molecular complexity index is 1850. The minimum atomic E-state index is -1.40. The van der Waals surface area contributed by atoms with Gasteiger partial charge in [0.25, 0.3) is 0 Å². The number of aliphatic hydroxyl groups excluding tert-OH is 2. The Morgan fingerprint density at radius 1 is 1.02 bits per heavy atom. The van der Waals surface area contributed by atoms with Gasteiger partial charge in [0.2, 0.25) is 5.79 Å². The Hall–Kier alpha value is -4.71. The molecule has 10 nitrogen and oxygen atoms in total. The van der Waals surface area contributed by atoms with E-state index in [1.165, 1.54) is 13.2 Å². The number of carbonyl (C=O) groups excluding carboxylic acids is 1. The van der Waals surface area contributed by atoms with Gasteiger partial charge in [-0.2, -0.15) is 0 Å². The number of amides is 1. The summed E-state index contributed by atoms with van der Waals surface area (Å²) in [5.41, 5.74) is 3.88. The Balaban J connectivity index is 1.51. The number of nitrogens with zero attached hydrogens (tertiary/aromatic N) is 2. The van der Waals surface area contributed by atoms with Gasteiger partial charge in [0, 0.05) is 43.2 Å². The van der Waals surface area contributed by atoms with Crippen molar-refractivity contribution in [3.05, 3.63) is 120 Å². The summed E-state index contributed by atoms with van der Waals surface area (Å²) in [6, 6.07) is 21.2. The van der Waals surface area contributed by atoms with Crippen LogP contribution >= 0.6 is 0 Å². The second-order valence-electron chi connectivity index (χ2n) is 15.1. The fourth-order valence-electron chi connectivity index (χ4n) is 9.04. The smallest absolute Gasteiger partial charge is 0.410 e. The highest BCUT2D eigenvalue weighted by Gasteiger charge is 2.65. The molecule has 3 aliphatic rings. The molecule has 0 spiro atoms. The highest BCUT2D eigenvalue weighted by atomic mass is 19.1. The fraction of sp³-hybridized carbons (Fsp3) is 0.478. The van der Waals surface area contributed by atoms with Gasteiger partial charge in [-0.1, -0.05) is 85.6 Å². The number of benzene rings is 3. The molecule has 6 atom stereocenters. The van der Waals surface area contributed by atoms with Crippen LogP contribution in [0.4, 0.5) is 9.18 Å². The maximum absolute atomic E-state index is 14.7. The van der Waals surface area contributed by atoms with Gasteiger partial charge in [0.1, 0.15) is 43.7 Å². The molecule has 1 saturated carbocycles. The molecular weight excluding hydrogens is 728 g/mol. The van der Waals surface area contributed by atoms with E-state index >= 15 is 0 Å². The SMILES string of the molecule is C=CCOC12Oc3ccc(OCc4ccccc4F)cc3C3C(CCCCO)C(CCCCO)C=C(C(=NOC)CC1N(CCC)C(=O)OCc1ccccc1)C32. The van der Waals surface area contributed by atoms with Gasteiger partial charge in [-0.05, 0) is 79.3 Å². The monoisotopic (exact) mass is 784 g/mol. The molecule has 1 heterocycles. The van der Waals surface area contributed by atoms with Gasteiger partial charge < -0.3 is 34.0 Å². The molecule has 1 fully saturated rings. The number of allylic oxidation sites excluding steroid dienone is 1. The van der Waals surface area contributed by atoms with E-state index in [4.69, 9.17) is 23.8 Å². The second-order valence-corrected chi connectivity index (χ2v) is 15.1. The molecule has 0 aromatic heterocycles. The van der Waals surface area contributed by atoms with E-state index in [9.17, 15) is 19.4 Å². The van der Waals surface area contributed by atoms with Gasteiger partial charge in [-0.3, -0.25) is 4.90 Å². The van der Waals surface area contributed by atoms with E-state index in [0.717, 1.165) is 42.4 Å². The number of hydrogen-bond acceptors (Lipinski definition) is 9. The van der Waals surface area contributed by atoms with Crippen LogP contribution in [0.3, 0.4) is 0 Å². The normalized spacial score (nSPS) is 24.1. The van der Waals surface area contributed by atoms with E-state index < -0.39 is 23.8 Å². The highest BCUT2D eigenvalue weighted by molar-refractivity contribution is 6.02. The quantitative estimate of drug-likeness (QED) is 0.0664. The van der Waals surface area contributed by atoms with E-state index in [-0.39, 0.29) is 63.0 Å². The van der Waals surface area contributed by atoms with E-state index in [2.05, 4.69) is 17.8 Å². The van der Waals surface area contributed by atoms with E-state index in [0.29, 0.717) is 48.6 Å². The van der Waals surface area contributed by atoms with Crippen LogP contribution in [-0.4, -0.2) is 72.2 Å². The third-order valence-corrected chi connectivity index (χ3v) is 11.5. The van der Waals surface area contributed by atoms with Gasteiger partial charge in [-0.25, -0.2) is 9.18 Å². The Labute approximate surface area is 335 Å². The first-order valence-corrected chi connectivity index (χ1v) is 20.3. The molecule has 11 heteroatoms. The third-order valence-electron chi connectivity index (χ3n) is 11.5. The number of rotatable bonds is 20.